The number of hydrogen-bond donors (Lipinski definition) is 0. The Labute approximate surface area is 137 Å². The summed E-state index contributed by atoms with van der Waals surface area (Å²) in [6.45, 7) is 3.09. The second kappa shape index (κ2) is 5.48. The molecule has 0 unspecified atom stereocenters. The number of anilines is 1. The van der Waals surface area contributed by atoms with Gasteiger partial charge in [0, 0.05) is 24.8 Å². The van der Waals surface area contributed by atoms with Crippen LogP contribution in [0.2, 0.25) is 5.15 Å². The van der Waals surface area contributed by atoms with E-state index in [2.05, 4.69) is 62.7 Å². The third-order valence-corrected chi connectivity index (χ3v) is 5.55. The first kappa shape index (κ1) is 14.1. The molecule has 2 heterocycles. The molecule has 1 aromatic heterocycles. The van der Waals surface area contributed by atoms with Crippen LogP contribution in [0.15, 0.2) is 18.2 Å². The molecule has 3 nitrogen and oxygen atoms in total. The number of halogens is 2. The van der Waals surface area contributed by atoms with Crippen LogP contribution in [0.5, 0.6) is 0 Å². The average molecular weight is 400 g/mol. The van der Waals surface area contributed by atoms with E-state index in [1.165, 1.54) is 17.7 Å². The summed E-state index contributed by atoms with van der Waals surface area (Å²) in [6.07, 6.45) is 2.31. The summed E-state index contributed by atoms with van der Waals surface area (Å²) in [5.41, 5.74) is 4.65. The van der Waals surface area contributed by atoms with E-state index in [-0.39, 0.29) is 0 Å². The summed E-state index contributed by atoms with van der Waals surface area (Å²) >= 11 is 8.35. The molecule has 1 aromatic carbocycles. The number of aryl methyl sites for hydroxylation is 2. The Kier molecular flexibility index (Phi) is 3.86. The van der Waals surface area contributed by atoms with E-state index in [0.717, 1.165) is 27.8 Å². The Morgan fingerprint density at radius 1 is 1.30 bits per heavy atom. The molecule has 104 valence electrons. The van der Waals surface area contributed by atoms with Crippen molar-refractivity contribution in [2.75, 3.05) is 18.5 Å². The Morgan fingerprint density at radius 2 is 2.10 bits per heavy atom. The normalized spacial score (nSPS) is 14.3. The molecule has 0 amide bonds. The SMILES string of the molecule is Cc1nc(-c2ccc3c(c2)CCCN3C)nc(Cl)c1I. The van der Waals surface area contributed by atoms with Gasteiger partial charge in [-0.25, -0.2) is 9.97 Å². The molecule has 2 aromatic rings. The van der Waals surface area contributed by atoms with Gasteiger partial charge in [0.25, 0.3) is 0 Å². The molecule has 0 bridgehead atoms. The standard InChI is InChI=1S/C15H15ClIN3/c1-9-13(17)14(16)19-15(18-9)11-5-6-12-10(8-11)4-3-7-20(12)2/h5-6,8H,3-4,7H2,1-2H3. The molecule has 0 fully saturated rings. The summed E-state index contributed by atoms with van der Waals surface area (Å²) < 4.78 is 0.922. The van der Waals surface area contributed by atoms with Crippen LogP contribution in [0.25, 0.3) is 11.4 Å². The molecule has 0 N–H and O–H groups in total. The fourth-order valence-corrected chi connectivity index (χ4v) is 3.04. The van der Waals surface area contributed by atoms with Crippen LogP contribution >= 0.6 is 34.2 Å². The van der Waals surface area contributed by atoms with Crippen LogP contribution in [0.1, 0.15) is 17.7 Å². The highest BCUT2D eigenvalue weighted by Crippen LogP contribution is 2.30. The highest BCUT2D eigenvalue weighted by Gasteiger charge is 2.16. The molecule has 0 radical (unpaired) electrons. The molecule has 0 aliphatic carbocycles. The number of rotatable bonds is 1. The van der Waals surface area contributed by atoms with Gasteiger partial charge in [-0.3, -0.25) is 0 Å². The fraction of sp³-hybridized carbons (Fsp3) is 0.333. The van der Waals surface area contributed by atoms with Gasteiger partial charge in [-0.1, -0.05) is 11.6 Å². The largest absolute Gasteiger partial charge is 0.374 e. The summed E-state index contributed by atoms with van der Waals surface area (Å²) in [7, 11) is 2.14. The Bertz CT molecular complexity index is 649. The van der Waals surface area contributed by atoms with E-state index in [4.69, 9.17) is 11.6 Å². The van der Waals surface area contributed by atoms with Crippen molar-refractivity contribution < 1.29 is 0 Å². The first-order chi connectivity index (χ1) is 9.56. The van der Waals surface area contributed by atoms with Gasteiger partial charge in [0.2, 0.25) is 0 Å². The maximum Gasteiger partial charge on any atom is 0.161 e. The van der Waals surface area contributed by atoms with Crippen LogP contribution in [0, 0.1) is 10.5 Å². The number of hydrogen-bond acceptors (Lipinski definition) is 3. The van der Waals surface area contributed by atoms with Crippen LogP contribution in [0.3, 0.4) is 0 Å². The second-order valence-corrected chi connectivity index (χ2v) is 6.54. The van der Waals surface area contributed by atoms with Crippen molar-refractivity contribution in [2.45, 2.75) is 19.8 Å². The first-order valence-electron chi connectivity index (χ1n) is 6.60. The fourth-order valence-electron chi connectivity index (χ4n) is 2.58. The quantitative estimate of drug-likeness (QED) is 0.534. The minimum Gasteiger partial charge on any atom is -0.374 e. The van der Waals surface area contributed by atoms with Gasteiger partial charge in [-0.05, 0) is 66.1 Å². The smallest absolute Gasteiger partial charge is 0.161 e. The topological polar surface area (TPSA) is 29.0 Å². The minimum absolute atomic E-state index is 0.530. The lowest BCUT2D eigenvalue weighted by Crippen LogP contribution is -2.24. The molecule has 20 heavy (non-hydrogen) atoms. The maximum atomic E-state index is 6.17. The summed E-state index contributed by atoms with van der Waals surface area (Å²) in [5, 5.41) is 0.530. The number of nitrogens with zero attached hydrogens (tertiary/aromatic N) is 3. The van der Waals surface area contributed by atoms with Gasteiger partial charge in [0.1, 0.15) is 5.15 Å². The molecule has 5 heteroatoms. The molecule has 0 saturated heterocycles. The van der Waals surface area contributed by atoms with Crippen molar-refractivity contribution in [1.82, 2.24) is 9.97 Å². The zero-order chi connectivity index (χ0) is 14.3. The van der Waals surface area contributed by atoms with Crippen molar-refractivity contribution in [3.8, 4) is 11.4 Å². The van der Waals surface area contributed by atoms with Crippen molar-refractivity contribution in [2.24, 2.45) is 0 Å². The van der Waals surface area contributed by atoms with Crippen molar-refractivity contribution in [3.63, 3.8) is 0 Å². The molecular formula is C15H15ClIN3. The maximum absolute atomic E-state index is 6.17. The van der Waals surface area contributed by atoms with Gasteiger partial charge in [-0.2, -0.15) is 0 Å². The summed E-state index contributed by atoms with van der Waals surface area (Å²) in [4.78, 5) is 11.3. The predicted octanol–water partition coefficient (Wildman–Crippen LogP) is 4.09. The molecule has 0 spiro atoms. The van der Waals surface area contributed by atoms with Crippen LogP contribution in [-0.2, 0) is 6.42 Å². The third-order valence-electron chi connectivity index (χ3n) is 3.67. The molecule has 1 aliphatic rings. The minimum atomic E-state index is 0.530. The monoisotopic (exact) mass is 399 g/mol. The highest BCUT2D eigenvalue weighted by atomic mass is 127. The van der Waals surface area contributed by atoms with Gasteiger partial charge < -0.3 is 4.90 Å². The lowest BCUT2D eigenvalue weighted by atomic mass is 9.99. The van der Waals surface area contributed by atoms with Crippen LogP contribution in [-0.4, -0.2) is 23.6 Å². The molecule has 0 atom stereocenters. The van der Waals surface area contributed by atoms with E-state index in [0.29, 0.717) is 11.0 Å². The van der Waals surface area contributed by atoms with Crippen molar-refractivity contribution in [3.05, 3.63) is 38.2 Å². The van der Waals surface area contributed by atoms with Gasteiger partial charge in [-0.15, -0.1) is 0 Å². The number of aromatic nitrogens is 2. The van der Waals surface area contributed by atoms with Gasteiger partial charge in [0.05, 0.1) is 9.26 Å². The zero-order valence-electron chi connectivity index (χ0n) is 11.5. The lowest BCUT2D eigenvalue weighted by molar-refractivity contribution is 0.744. The summed E-state index contributed by atoms with van der Waals surface area (Å²) in [6, 6.07) is 6.44. The Hall–Kier alpha value is -0.880. The van der Waals surface area contributed by atoms with Crippen LogP contribution in [0.4, 0.5) is 5.69 Å². The second-order valence-electron chi connectivity index (χ2n) is 5.11. The van der Waals surface area contributed by atoms with Crippen LogP contribution < -0.4 is 4.90 Å². The molecule has 3 rings (SSSR count). The first-order valence-corrected chi connectivity index (χ1v) is 8.06. The average Bonchev–Trinajstić information content (AvgIpc) is 2.44. The van der Waals surface area contributed by atoms with E-state index in [9.17, 15) is 0 Å². The number of benzene rings is 1. The molecule has 0 saturated carbocycles. The third kappa shape index (κ3) is 2.51. The lowest BCUT2D eigenvalue weighted by Gasteiger charge is -2.27. The van der Waals surface area contributed by atoms with E-state index >= 15 is 0 Å². The van der Waals surface area contributed by atoms with E-state index in [1.807, 2.05) is 6.92 Å². The van der Waals surface area contributed by atoms with Gasteiger partial charge >= 0.3 is 0 Å². The van der Waals surface area contributed by atoms with Crippen molar-refractivity contribution >= 4 is 39.9 Å². The summed E-state index contributed by atoms with van der Waals surface area (Å²) in [5.74, 6) is 0.712. The molecular weight excluding hydrogens is 385 g/mol. The zero-order valence-corrected chi connectivity index (χ0v) is 14.4. The Morgan fingerprint density at radius 3 is 2.85 bits per heavy atom. The Balaban J connectivity index is 2.07. The molecule has 1 aliphatic heterocycles. The van der Waals surface area contributed by atoms with Crippen molar-refractivity contribution in [1.29, 1.82) is 0 Å². The van der Waals surface area contributed by atoms with E-state index < -0.39 is 0 Å². The van der Waals surface area contributed by atoms with Gasteiger partial charge in [0.15, 0.2) is 5.82 Å². The predicted molar refractivity (Wildman–Crippen MR) is 91.5 cm³/mol. The number of fused-ring (bicyclic) bond motifs is 1. The highest BCUT2D eigenvalue weighted by molar-refractivity contribution is 14.1. The van der Waals surface area contributed by atoms with E-state index in [1.54, 1.807) is 0 Å².